The second-order valence-electron chi connectivity index (χ2n) is 5.91. The van der Waals surface area contributed by atoms with Gasteiger partial charge in [-0.25, -0.2) is 0 Å². The fraction of sp³-hybridized carbons (Fsp3) is 0.444. The Bertz CT molecular complexity index is 579. The minimum Gasteiger partial charge on any atom is -0.497 e. The molecule has 0 bridgehead atoms. The molecule has 2 atom stereocenters. The van der Waals surface area contributed by atoms with Crippen molar-refractivity contribution in [1.29, 1.82) is 0 Å². The number of benzene rings is 1. The number of fused-ring (bicyclic) bond motifs is 1. The van der Waals surface area contributed by atoms with Crippen molar-refractivity contribution in [3.05, 3.63) is 51.7 Å². The summed E-state index contributed by atoms with van der Waals surface area (Å²) in [5, 5.41) is 8.22. The Balaban J connectivity index is 1.70. The second kappa shape index (κ2) is 6.63. The molecule has 3 rings (SSSR count). The van der Waals surface area contributed by atoms with E-state index in [0.717, 1.165) is 12.2 Å². The van der Waals surface area contributed by atoms with Crippen LogP contribution in [-0.4, -0.2) is 13.2 Å². The van der Waals surface area contributed by atoms with E-state index in [1.165, 1.54) is 36.0 Å². The molecule has 1 aromatic carbocycles. The molecule has 2 aromatic rings. The summed E-state index contributed by atoms with van der Waals surface area (Å²) in [6, 6.07) is 9.73. The third kappa shape index (κ3) is 3.47. The molecule has 1 aliphatic rings. The Labute approximate surface area is 131 Å². The first-order valence-electron chi connectivity index (χ1n) is 7.70. The maximum Gasteiger partial charge on any atom is 0.119 e. The van der Waals surface area contributed by atoms with Gasteiger partial charge in [-0.05, 0) is 78.3 Å². The molecule has 0 radical (unpaired) electrons. The van der Waals surface area contributed by atoms with Crippen molar-refractivity contribution < 1.29 is 4.74 Å². The van der Waals surface area contributed by atoms with E-state index in [4.69, 9.17) is 4.74 Å². The molecule has 1 N–H and O–H groups in total. The summed E-state index contributed by atoms with van der Waals surface area (Å²) in [6.45, 7) is 2.29. The molecule has 1 aliphatic carbocycles. The molecular weight excluding hydrogens is 278 g/mol. The van der Waals surface area contributed by atoms with Crippen molar-refractivity contribution in [2.75, 3.05) is 7.11 Å². The molecule has 2 unspecified atom stereocenters. The molecule has 0 spiro atoms. The van der Waals surface area contributed by atoms with Crippen molar-refractivity contribution in [1.82, 2.24) is 5.32 Å². The van der Waals surface area contributed by atoms with Gasteiger partial charge in [0.15, 0.2) is 0 Å². The lowest BCUT2D eigenvalue weighted by Crippen LogP contribution is -2.34. The molecule has 112 valence electrons. The average Bonchev–Trinajstić information content (AvgIpc) is 2.99. The smallest absolute Gasteiger partial charge is 0.119 e. The van der Waals surface area contributed by atoms with E-state index < -0.39 is 0 Å². The number of aryl methyl sites for hydroxylation is 1. The molecule has 1 aromatic heterocycles. The third-order valence-corrected chi connectivity index (χ3v) is 5.00. The predicted octanol–water partition coefficient (Wildman–Crippen LogP) is 4.35. The molecule has 1 heterocycles. The highest BCUT2D eigenvalue weighted by molar-refractivity contribution is 7.07. The van der Waals surface area contributed by atoms with Gasteiger partial charge in [-0.15, -0.1) is 0 Å². The van der Waals surface area contributed by atoms with Gasteiger partial charge in [0, 0.05) is 12.1 Å². The fourth-order valence-corrected chi connectivity index (χ4v) is 3.94. The van der Waals surface area contributed by atoms with Crippen molar-refractivity contribution in [2.45, 2.75) is 44.7 Å². The summed E-state index contributed by atoms with van der Waals surface area (Å²) in [7, 11) is 1.74. The normalized spacial score (nSPS) is 19.0. The monoisotopic (exact) mass is 301 g/mol. The molecule has 21 heavy (non-hydrogen) atoms. The Morgan fingerprint density at radius 2 is 2.29 bits per heavy atom. The molecule has 0 saturated carbocycles. The molecule has 2 nitrogen and oxygen atoms in total. The number of hydrogen-bond acceptors (Lipinski definition) is 3. The Morgan fingerprint density at radius 3 is 3.05 bits per heavy atom. The zero-order valence-electron chi connectivity index (χ0n) is 12.8. The van der Waals surface area contributed by atoms with Crippen LogP contribution in [0.5, 0.6) is 5.75 Å². The summed E-state index contributed by atoms with van der Waals surface area (Å²) in [5.74, 6) is 0.973. The first kappa shape index (κ1) is 14.6. The van der Waals surface area contributed by atoms with Gasteiger partial charge in [0.2, 0.25) is 0 Å². The van der Waals surface area contributed by atoms with Crippen LogP contribution < -0.4 is 10.1 Å². The Morgan fingerprint density at radius 1 is 1.38 bits per heavy atom. The van der Waals surface area contributed by atoms with Crippen LogP contribution in [0.25, 0.3) is 0 Å². The minimum atomic E-state index is 0.480. The number of ether oxygens (including phenoxy) is 1. The van der Waals surface area contributed by atoms with Gasteiger partial charge in [-0.3, -0.25) is 0 Å². The Kier molecular flexibility index (Phi) is 4.61. The van der Waals surface area contributed by atoms with Crippen LogP contribution in [0.3, 0.4) is 0 Å². The van der Waals surface area contributed by atoms with Gasteiger partial charge in [0.25, 0.3) is 0 Å². The van der Waals surface area contributed by atoms with Crippen LogP contribution in [0, 0.1) is 0 Å². The SMILES string of the molecule is COc1ccc2c(c1)CCCC2NC(C)Cc1ccsc1. The lowest BCUT2D eigenvalue weighted by Gasteiger charge is -2.29. The zero-order chi connectivity index (χ0) is 14.7. The van der Waals surface area contributed by atoms with Gasteiger partial charge >= 0.3 is 0 Å². The molecule has 0 fully saturated rings. The predicted molar refractivity (Wildman–Crippen MR) is 89.3 cm³/mol. The van der Waals surface area contributed by atoms with Gasteiger partial charge < -0.3 is 10.1 Å². The van der Waals surface area contributed by atoms with Gasteiger partial charge in [-0.2, -0.15) is 11.3 Å². The topological polar surface area (TPSA) is 21.3 Å². The van der Waals surface area contributed by atoms with Crippen LogP contribution in [-0.2, 0) is 12.8 Å². The van der Waals surface area contributed by atoms with Crippen LogP contribution in [0.15, 0.2) is 35.0 Å². The highest BCUT2D eigenvalue weighted by Crippen LogP contribution is 2.32. The maximum atomic E-state index is 5.35. The van der Waals surface area contributed by atoms with E-state index in [1.807, 2.05) is 0 Å². The summed E-state index contributed by atoms with van der Waals surface area (Å²) in [6.07, 6.45) is 4.76. The first-order chi connectivity index (χ1) is 10.3. The zero-order valence-corrected chi connectivity index (χ0v) is 13.6. The van der Waals surface area contributed by atoms with E-state index in [2.05, 4.69) is 47.3 Å². The van der Waals surface area contributed by atoms with Gasteiger partial charge in [-0.1, -0.05) is 6.07 Å². The highest BCUT2D eigenvalue weighted by atomic mass is 32.1. The quantitative estimate of drug-likeness (QED) is 0.886. The molecule has 0 saturated heterocycles. The second-order valence-corrected chi connectivity index (χ2v) is 6.69. The maximum absolute atomic E-state index is 5.35. The average molecular weight is 301 g/mol. The van der Waals surface area contributed by atoms with Crippen LogP contribution in [0.4, 0.5) is 0 Å². The largest absolute Gasteiger partial charge is 0.497 e. The van der Waals surface area contributed by atoms with E-state index in [-0.39, 0.29) is 0 Å². The van der Waals surface area contributed by atoms with Crippen molar-refractivity contribution in [3.8, 4) is 5.75 Å². The van der Waals surface area contributed by atoms with Crippen LogP contribution in [0.1, 0.15) is 42.5 Å². The van der Waals surface area contributed by atoms with Crippen molar-refractivity contribution >= 4 is 11.3 Å². The van der Waals surface area contributed by atoms with E-state index >= 15 is 0 Å². The lowest BCUT2D eigenvalue weighted by molar-refractivity contribution is 0.398. The number of nitrogens with one attached hydrogen (secondary N) is 1. The van der Waals surface area contributed by atoms with Gasteiger partial charge in [0.1, 0.15) is 5.75 Å². The molecule has 0 amide bonds. The first-order valence-corrected chi connectivity index (χ1v) is 8.64. The van der Waals surface area contributed by atoms with Crippen molar-refractivity contribution in [2.24, 2.45) is 0 Å². The van der Waals surface area contributed by atoms with E-state index in [1.54, 1.807) is 18.4 Å². The highest BCUT2D eigenvalue weighted by Gasteiger charge is 2.21. The fourth-order valence-electron chi connectivity index (χ4n) is 3.26. The number of rotatable bonds is 5. The Hall–Kier alpha value is -1.32. The number of methoxy groups -OCH3 is 1. The third-order valence-electron chi connectivity index (χ3n) is 4.27. The van der Waals surface area contributed by atoms with E-state index in [0.29, 0.717) is 12.1 Å². The lowest BCUT2D eigenvalue weighted by atomic mass is 9.87. The number of thiophene rings is 1. The van der Waals surface area contributed by atoms with Crippen LogP contribution in [0.2, 0.25) is 0 Å². The number of hydrogen-bond donors (Lipinski definition) is 1. The minimum absolute atomic E-state index is 0.480. The summed E-state index contributed by atoms with van der Waals surface area (Å²) in [5.41, 5.74) is 4.34. The summed E-state index contributed by atoms with van der Waals surface area (Å²) >= 11 is 1.78. The van der Waals surface area contributed by atoms with Crippen molar-refractivity contribution in [3.63, 3.8) is 0 Å². The molecular formula is C18H23NOS. The van der Waals surface area contributed by atoms with E-state index in [9.17, 15) is 0 Å². The standard InChI is InChI=1S/C18H23NOS/c1-13(10-14-8-9-21-12-14)19-18-5-3-4-15-11-16(20-2)6-7-17(15)18/h6-9,11-13,18-19H,3-5,10H2,1-2H3. The summed E-state index contributed by atoms with van der Waals surface area (Å²) < 4.78 is 5.35. The molecule has 3 heteroatoms. The van der Waals surface area contributed by atoms with Gasteiger partial charge in [0.05, 0.1) is 7.11 Å². The van der Waals surface area contributed by atoms with Crippen LogP contribution >= 0.6 is 11.3 Å². The molecule has 0 aliphatic heterocycles. The summed E-state index contributed by atoms with van der Waals surface area (Å²) in [4.78, 5) is 0.